The third-order valence-corrected chi connectivity index (χ3v) is 4.97. The van der Waals surface area contributed by atoms with Crippen LogP contribution in [0.5, 0.6) is 0 Å². The highest BCUT2D eigenvalue weighted by molar-refractivity contribution is 6.03. The Bertz CT molecular complexity index is 839. The van der Waals surface area contributed by atoms with E-state index in [2.05, 4.69) is 41.4 Å². The van der Waals surface area contributed by atoms with Crippen molar-refractivity contribution in [1.82, 2.24) is 4.90 Å². The molecule has 1 heterocycles. The van der Waals surface area contributed by atoms with E-state index in [-0.39, 0.29) is 18.2 Å². The van der Waals surface area contributed by atoms with Gasteiger partial charge in [0.2, 0.25) is 11.8 Å². The number of carbonyl (C=O) groups is 2. The molecule has 1 saturated heterocycles. The average Bonchev–Trinajstić information content (AvgIpc) is 2.64. The Morgan fingerprint density at radius 1 is 0.926 bits per heavy atom. The predicted octanol–water partition coefficient (Wildman–Crippen LogP) is 3.29. The first kappa shape index (κ1) is 19.0. The number of carbonyl (C=O) groups excluding carboxylic acids is 2. The smallest absolute Gasteiger partial charge is 0.233 e. The molecule has 0 aliphatic carbocycles. The summed E-state index contributed by atoms with van der Waals surface area (Å²) in [5.41, 5.74) is 5.34. The highest BCUT2D eigenvalue weighted by Crippen LogP contribution is 2.19. The molecule has 0 bridgehead atoms. The summed E-state index contributed by atoms with van der Waals surface area (Å²) in [5.74, 6) is -0.366. The second kappa shape index (κ2) is 8.25. The molecule has 0 saturated carbocycles. The lowest BCUT2D eigenvalue weighted by molar-refractivity contribution is -0.134. The van der Waals surface area contributed by atoms with Gasteiger partial charge in [-0.1, -0.05) is 29.8 Å². The second-order valence-corrected chi connectivity index (χ2v) is 7.25. The van der Waals surface area contributed by atoms with Gasteiger partial charge >= 0.3 is 0 Å². The van der Waals surface area contributed by atoms with Crippen LogP contribution in [-0.4, -0.2) is 42.9 Å². The summed E-state index contributed by atoms with van der Waals surface area (Å²) in [6.45, 7) is 8.90. The molecule has 3 rings (SSSR count). The van der Waals surface area contributed by atoms with Gasteiger partial charge < -0.3 is 15.1 Å². The molecule has 0 spiro atoms. The van der Waals surface area contributed by atoms with Crippen LogP contribution in [-0.2, 0) is 9.59 Å². The van der Waals surface area contributed by atoms with Crippen molar-refractivity contribution in [3.05, 3.63) is 59.2 Å². The lowest BCUT2D eigenvalue weighted by Gasteiger charge is -2.36. The van der Waals surface area contributed by atoms with Crippen LogP contribution < -0.4 is 10.2 Å². The zero-order valence-corrected chi connectivity index (χ0v) is 16.3. The Labute approximate surface area is 161 Å². The van der Waals surface area contributed by atoms with Crippen LogP contribution in [0.3, 0.4) is 0 Å². The van der Waals surface area contributed by atoms with Crippen molar-refractivity contribution in [3.8, 4) is 0 Å². The number of rotatable bonds is 4. The molecule has 1 N–H and O–H groups in total. The quantitative estimate of drug-likeness (QED) is 0.846. The number of nitrogens with zero attached hydrogens (tertiary/aromatic N) is 2. The number of piperazine rings is 1. The van der Waals surface area contributed by atoms with Gasteiger partial charge in [0.15, 0.2) is 0 Å². The van der Waals surface area contributed by atoms with Crippen molar-refractivity contribution in [2.45, 2.75) is 27.2 Å². The number of nitrogens with one attached hydrogen (secondary N) is 1. The predicted molar refractivity (Wildman–Crippen MR) is 109 cm³/mol. The molecule has 2 amide bonds. The lowest BCUT2D eigenvalue weighted by atomic mass is 10.1. The molecule has 5 heteroatoms. The van der Waals surface area contributed by atoms with Crippen molar-refractivity contribution >= 4 is 23.2 Å². The zero-order chi connectivity index (χ0) is 19.4. The van der Waals surface area contributed by atoms with Crippen LogP contribution in [0.15, 0.2) is 42.5 Å². The van der Waals surface area contributed by atoms with E-state index < -0.39 is 0 Å². The van der Waals surface area contributed by atoms with Crippen LogP contribution in [0.25, 0.3) is 0 Å². The van der Waals surface area contributed by atoms with Gasteiger partial charge in [0.1, 0.15) is 6.42 Å². The van der Waals surface area contributed by atoms with Crippen molar-refractivity contribution < 1.29 is 9.59 Å². The van der Waals surface area contributed by atoms with Crippen molar-refractivity contribution in [1.29, 1.82) is 0 Å². The fourth-order valence-corrected chi connectivity index (χ4v) is 3.44. The largest absolute Gasteiger partial charge is 0.368 e. The molecule has 1 aliphatic rings. The number of hydrogen-bond donors (Lipinski definition) is 1. The number of aryl methyl sites for hydroxylation is 3. The molecule has 0 atom stereocenters. The minimum atomic E-state index is -0.256. The van der Waals surface area contributed by atoms with E-state index in [1.165, 1.54) is 11.3 Å². The maximum absolute atomic E-state index is 12.5. The zero-order valence-electron chi connectivity index (χ0n) is 16.3. The van der Waals surface area contributed by atoms with Crippen LogP contribution in [0.2, 0.25) is 0 Å². The molecule has 5 nitrogen and oxygen atoms in total. The van der Waals surface area contributed by atoms with Gasteiger partial charge in [-0.05, 0) is 50.1 Å². The van der Waals surface area contributed by atoms with Gasteiger partial charge in [0.25, 0.3) is 0 Å². The molecule has 1 aliphatic heterocycles. The van der Waals surface area contributed by atoms with E-state index in [0.717, 1.165) is 29.9 Å². The third-order valence-electron chi connectivity index (χ3n) is 4.97. The minimum Gasteiger partial charge on any atom is -0.368 e. The van der Waals surface area contributed by atoms with E-state index in [9.17, 15) is 9.59 Å². The molecule has 0 radical (unpaired) electrons. The first-order valence-electron chi connectivity index (χ1n) is 9.39. The van der Waals surface area contributed by atoms with Crippen LogP contribution in [0.1, 0.15) is 23.1 Å². The third kappa shape index (κ3) is 4.88. The summed E-state index contributed by atoms with van der Waals surface area (Å²) in [5, 5.41) is 2.85. The Morgan fingerprint density at radius 3 is 2.30 bits per heavy atom. The lowest BCUT2D eigenvalue weighted by Crippen LogP contribution is -2.49. The Balaban J connectivity index is 1.51. The van der Waals surface area contributed by atoms with E-state index >= 15 is 0 Å². The molecule has 0 unspecified atom stereocenters. The Morgan fingerprint density at radius 2 is 1.63 bits per heavy atom. The highest BCUT2D eigenvalue weighted by atomic mass is 16.2. The fourth-order valence-electron chi connectivity index (χ4n) is 3.44. The standard InChI is InChI=1S/C22H27N3O2/c1-16-5-4-6-19(14-16)24-9-11-25(12-10-24)22(27)15-21(26)23-20-8-7-17(2)13-18(20)3/h4-8,13-14H,9-12,15H2,1-3H3,(H,23,26). The summed E-state index contributed by atoms with van der Waals surface area (Å²) < 4.78 is 0. The van der Waals surface area contributed by atoms with Gasteiger partial charge in [-0.2, -0.15) is 0 Å². The molecule has 2 aromatic rings. The number of hydrogen-bond acceptors (Lipinski definition) is 3. The van der Waals surface area contributed by atoms with Gasteiger partial charge in [0, 0.05) is 37.6 Å². The molecule has 142 valence electrons. The SMILES string of the molecule is Cc1cccc(N2CCN(C(=O)CC(=O)Nc3ccc(C)cc3C)CC2)c1. The van der Waals surface area contributed by atoms with Gasteiger partial charge in [-0.3, -0.25) is 9.59 Å². The highest BCUT2D eigenvalue weighted by Gasteiger charge is 2.23. The molecule has 27 heavy (non-hydrogen) atoms. The monoisotopic (exact) mass is 365 g/mol. The maximum atomic E-state index is 12.5. The van der Waals surface area contributed by atoms with Crippen LogP contribution in [0.4, 0.5) is 11.4 Å². The van der Waals surface area contributed by atoms with Crippen LogP contribution in [0, 0.1) is 20.8 Å². The van der Waals surface area contributed by atoms with Gasteiger partial charge in [0.05, 0.1) is 0 Å². The Hall–Kier alpha value is -2.82. The summed E-state index contributed by atoms with van der Waals surface area (Å²) in [7, 11) is 0. The number of amides is 2. The topological polar surface area (TPSA) is 52.7 Å². The molecular formula is C22H27N3O2. The van der Waals surface area contributed by atoms with Crippen molar-refractivity contribution in [2.75, 3.05) is 36.4 Å². The van der Waals surface area contributed by atoms with Crippen molar-refractivity contribution in [3.63, 3.8) is 0 Å². The van der Waals surface area contributed by atoms with Gasteiger partial charge in [-0.15, -0.1) is 0 Å². The maximum Gasteiger partial charge on any atom is 0.233 e. The molecule has 0 aromatic heterocycles. The number of anilines is 2. The Kier molecular flexibility index (Phi) is 5.79. The normalized spacial score (nSPS) is 14.2. The first-order chi connectivity index (χ1) is 12.9. The van der Waals surface area contributed by atoms with E-state index in [1.807, 2.05) is 32.0 Å². The molecular weight excluding hydrogens is 338 g/mol. The van der Waals surface area contributed by atoms with Crippen LogP contribution >= 0.6 is 0 Å². The summed E-state index contributed by atoms with van der Waals surface area (Å²) in [6.07, 6.45) is -0.113. The van der Waals surface area contributed by atoms with E-state index in [1.54, 1.807) is 4.90 Å². The molecule has 2 aromatic carbocycles. The van der Waals surface area contributed by atoms with Crippen molar-refractivity contribution in [2.24, 2.45) is 0 Å². The van der Waals surface area contributed by atoms with E-state index in [4.69, 9.17) is 0 Å². The number of benzene rings is 2. The van der Waals surface area contributed by atoms with Gasteiger partial charge in [-0.25, -0.2) is 0 Å². The molecule has 1 fully saturated rings. The fraction of sp³-hybridized carbons (Fsp3) is 0.364. The second-order valence-electron chi connectivity index (χ2n) is 7.25. The summed E-state index contributed by atoms with van der Waals surface area (Å²) >= 11 is 0. The minimum absolute atomic E-state index is 0.110. The van der Waals surface area contributed by atoms with E-state index in [0.29, 0.717) is 13.1 Å². The average molecular weight is 365 g/mol. The first-order valence-corrected chi connectivity index (χ1v) is 9.39. The summed E-state index contributed by atoms with van der Waals surface area (Å²) in [6, 6.07) is 14.2. The summed E-state index contributed by atoms with van der Waals surface area (Å²) in [4.78, 5) is 28.8.